The van der Waals surface area contributed by atoms with Crippen molar-refractivity contribution in [3.8, 4) is 5.75 Å². The summed E-state index contributed by atoms with van der Waals surface area (Å²) < 4.78 is 6.97. The minimum absolute atomic E-state index is 0.280. The van der Waals surface area contributed by atoms with Gasteiger partial charge in [-0.2, -0.15) is 0 Å². The van der Waals surface area contributed by atoms with E-state index in [-0.39, 0.29) is 6.10 Å². The van der Waals surface area contributed by atoms with Crippen molar-refractivity contribution in [1.29, 1.82) is 0 Å². The molecule has 3 heteroatoms. The molecular formula is C14H14BrNO. The second kappa shape index (κ2) is 4.31. The number of hydrogen-bond donors (Lipinski definition) is 1. The SMILES string of the molecule is NC1CC(Oc2ccc3ccccc3c2Br)C1. The molecule has 1 aliphatic rings. The predicted octanol–water partition coefficient (Wildman–Crippen LogP) is 3.47. The second-order valence-corrected chi connectivity index (χ2v) is 5.36. The van der Waals surface area contributed by atoms with E-state index in [1.54, 1.807) is 0 Å². The minimum Gasteiger partial charge on any atom is -0.489 e. The molecule has 0 amide bonds. The highest BCUT2D eigenvalue weighted by molar-refractivity contribution is 9.10. The van der Waals surface area contributed by atoms with Gasteiger partial charge in [-0.25, -0.2) is 0 Å². The maximum absolute atomic E-state index is 5.93. The lowest BCUT2D eigenvalue weighted by atomic mass is 9.90. The average molecular weight is 292 g/mol. The van der Waals surface area contributed by atoms with Gasteiger partial charge in [-0.05, 0) is 45.6 Å². The molecule has 3 rings (SSSR count). The Morgan fingerprint density at radius 3 is 2.65 bits per heavy atom. The Balaban J connectivity index is 1.92. The summed E-state index contributed by atoms with van der Waals surface area (Å²) in [7, 11) is 0. The highest BCUT2D eigenvalue weighted by Crippen LogP contribution is 2.35. The molecule has 1 saturated carbocycles. The lowest BCUT2D eigenvalue weighted by Crippen LogP contribution is -2.43. The Kier molecular flexibility index (Phi) is 2.81. The summed E-state index contributed by atoms with van der Waals surface area (Å²) >= 11 is 3.62. The van der Waals surface area contributed by atoms with E-state index in [0.29, 0.717) is 6.04 Å². The maximum atomic E-state index is 5.93. The maximum Gasteiger partial charge on any atom is 0.134 e. The van der Waals surface area contributed by atoms with E-state index in [4.69, 9.17) is 10.5 Å². The molecule has 2 nitrogen and oxygen atoms in total. The first-order valence-electron chi connectivity index (χ1n) is 5.83. The first-order chi connectivity index (χ1) is 8.24. The Labute approximate surface area is 109 Å². The topological polar surface area (TPSA) is 35.2 Å². The molecule has 88 valence electrons. The van der Waals surface area contributed by atoms with Crippen molar-refractivity contribution >= 4 is 26.7 Å². The van der Waals surface area contributed by atoms with E-state index < -0.39 is 0 Å². The fraction of sp³-hybridized carbons (Fsp3) is 0.286. The molecule has 0 aromatic heterocycles. The molecule has 0 radical (unpaired) electrons. The third-order valence-electron chi connectivity index (χ3n) is 3.25. The van der Waals surface area contributed by atoms with Crippen molar-refractivity contribution < 1.29 is 4.74 Å². The molecule has 17 heavy (non-hydrogen) atoms. The Bertz CT molecular complexity index is 549. The van der Waals surface area contributed by atoms with Crippen molar-refractivity contribution in [3.63, 3.8) is 0 Å². The summed E-state index contributed by atoms with van der Waals surface area (Å²) in [6.07, 6.45) is 2.20. The summed E-state index contributed by atoms with van der Waals surface area (Å²) in [6, 6.07) is 12.7. The van der Waals surface area contributed by atoms with Crippen LogP contribution in [0.15, 0.2) is 40.9 Å². The van der Waals surface area contributed by atoms with Crippen LogP contribution in [0.3, 0.4) is 0 Å². The number of fused-ring (bicyclic) bond motifs is 1. The van der Waals surface area contributed by atoms with Crippen LogP contribution in [0.4, 0.5) is 0 Å². The van der Waals surface area contributed by atoms with E-state index in [1.807, 2.05) is 18.2 Å². The standard InChI is InChI=1S/C14H14BrNO/c15-14-12-4-2-1-3-9(12)5-6-13(14)17-11-7-10(16)8-11/h1-6,10-11H,7-8,16H2. The van der Waals surface area contributed by atoms with Crippen LogP contribution in [0.2, 0.25) is 0 Å². The van der Waals surface area contributed by atoms with E-state index in [2.05, 4.69) is 34.1 Å². The lowest BCUT2D eigenvalue weighted by molar-refractivity contribution is 0.100. The average Bonchev–Trinajstić information content (AvgIpc) is 2.31. The van der Waals surface area contributed by atoms with Crippen LogP contribution >= 0.6 is 15.9 Å². The number of nitrogens with two attached hydrogens (primary N) is 1. The fourth-order valence-electron chi connectivity index (χ4n) is 2.19. The molecule has 0 unspecified atom stereocenters. The molecule has 0 aliphatic heterocycles. The van der Waals surface area contributed by atoms with Crippen LogP contribution in [-0.4, -0.2) is 12.1 Å². The van der Waals surface area contributed by atoms with Gasteiger partial charge in [-0.15, -0.1) is 0 Å². The smallest absolute Gasteiger partial charge is 0.134 e. The normalized spacial score (nSPS) is 23.4. The van der Waals surface area contributed by atoms with Gasteiger partial charge in [-0.1, -0.05) is 30.3 Å². The van der Waals surface area contributed by atoms with Gasteiger partial charge in [0.2, 0.25) is 0 Å². The largest absolute Gasteiger partial charge is 0.489 e. The predicted molar refractivity (Wildman–Crippen MR) is 73.3 cm³/mol. The van der Waals surface area contributed by atoms with E-state index in [9.17, 15) is 0 Å². The van der Waals surface area contributed by atoms with Crippen molar-refractivity contribution in [2.24, 2.45) is 5.73 Å². The third kappa shape index (κ3) is 2.05. The number of benzene rings is 2. The monoisotopic (exact) mass is 291 g/mol. The van der Waals surface area contributed by atoms with Gasteiger partial charge in [0.25, 0.3) is 0 Å². The van der Waals surface area contributed by atoms with Gasteiger partial charge in [0.05, 0.1) is 4.47 Å². The summed E-state index contributed by atoms with van der Waals surface area (Å²) in [5.74, 6) is 0.917. The first kappa shape index (κ1) is 11.1. The van der Waals surface area contributed by atoms with Gasteiger partial charge in [-0.3, -0.25) is 0 Å². The van der Waals surface area contributed by atoms with Crippen LogP contribution in [0.25, 0.3) is 10.8 Å². The van der Waals surface area contributed by atoms with Crippen molar-refractivity contribution in [1.82, 2.24) is 0 Å². The second-order valence-electron chi connectivity index (χ2n) is 4.57. The molecule has 2 aromatic rings. The number of ether oxygens (including phenoxy) is 1. The zero-order valence-corrected chi connectivity index (χ0v) is 11.0. The van der Waals surface area contributed by atoms with Gasteiger partial charge in [0, 0.05) is 6.04 Å². The highest BCUT2D eigenvalue weighted by atomic mass is 79.9. The van der Waals surface area contributed by atoms with E-state index in [0.717, 1.165) is 23.1 Å². The Hall–Kier alpha value is -1.06. The molecule has 1 aliphatic carbocycles. The zero-order valence-electron chi connectivity index (χ0n) is 9.40. The van der Waals surface area contributed by atoms with Crippen molar-refractivity contribution in [2.75, 3.05) is 0 Å². The number of hydrogen-bond acceptors (Lipinski definition) is 2. The fourth-order valence-corrected chi connectivity index (χ4v) is 2.77. The van der Waals surface area contributed by atoms with Crippen LogP contribution in [0, 0.1) is 0 Å². The molecular weight excluding hydrogens is 278 g/mol. The highest BCUT2D eigenvalue weighted by Gasteiger charge is 2.28. The van der Waals surface area contributed by atoms with Gasteiger partial charge < -0.3 is 10.5 Å². The summed E-state index contributed by atoms with van der Waals surface area (Å²) in [5, 5.41) is 2.41. The van der Waals surface area contributed by atoms with Crippen molar-refractivity contribution in [3.05, 3.63) is 40.9 Å². The lowest BCUT2D eigenvalue weighted by Gasteiger charge is -2.33. The molecule has 2 aromatic carbocycles. The van der Waals surface area contributed by atoms with Crippen LogP contribution in [0.1, 0.15) is 12.8 Å². The quantitative estimate of drug-likeness (QED) is 0.920. The molecule has 0 saturated heterocycles. The Morgan fingerprint density at radius 1 is 1.12 bits per heavy atom. The zero-order chi connectivity index (χ0) is 11.8. The molecule has 1 fully saturated rings. The summed E-state index contributed by atoms with van der Waals surface area (Å²) in [6.45, 7) is 0. The molecule has 0 spiro atoms. The third-order valence-corrected chi connectivity index (χ3v) is 4.07. The van der Waals surface area contributed by atoms with Gasteiger partial charge in [0.15, 0.2) is 0 Å². The summed E-state index contributed by atoms with van der Waals surface area (Å²) in [5.41, 5.74) is 5.76. The number of rotatable bonds is 2. The molecule has 0 heterocycles. The van der Waals surface area contributed by atoms with Crippen LogP contribution in [-0.2, 0) is 0 Å². The van der Waals surface area contributed by atoms with Gasteiger partial charge in [0.1, 0.15) is 11.9 Å². The van der Waals surface area contributed by atoms with E-state index in [1.165, 1.54) is 10.8 Å². The Morgan fingerprint density at radius 2 is 1.88 bits per heavy atom. The van der Waals surface area contributed by atoms with Gasteiger partial charge >= 0.3 is 0 Å². The van der Waals surface area contributed by atoms with Crippen LogP contribution in [0.5, 0.6) is 5.75 Å². The van der Waals surface area contributed by atoms with Crippen molar-refractivity contribution in [2.45, 2.75) is 25.0 Å². The molecule has 0 bridgehead atoms. The summed E-state index contributed by atoms with van der Waals surface area (Å²) in [4.78, 5) is 0. The minimum atomic E-state index is 0.280. The molecule has 0 atom stereocenters. The first-order valence-corrected chi connectivity index (χ1v) is 6.63. The number of halogens is 1. The van der Waals surface area contributed by atoms with E-state index >= 15 is 0 Å². The van der Waals surface area contributed by atoms with Crippen LogP contribution < -0.4 is 10.5 Å². The molecule has 2 N–H and O–H groups in total.